The SMILES string of the molecule is CSc1c(C(N)=S)nnn1C. The average molecular weight is 188 g/mol. The van der Waals surface area contributed by atoms with Gasteiger partial charge in [-0.05, 0) is 6.26 Å². The molecule has 0 amide bonds. The first kappa shape index (κ1) is 8.48. The molecule has 0 atom stereocenters. The van der Waals surface area contributed by atoms with Crippen LogP contribution in [0.25, 0.3) is 0 Å². The maximum atomic E-state index is 5.41. The summed E-state index contributed by atoms with van der Waals surface area (Å²) in [4.78, 5) is 0.294. The molecule has 1 aromatic rings. The lowest BCUT2D eigenvalue weighted by Crippen LogP contribution is -2.11. The molecule has 0 spiro atoms. The molecule has 60 valence electrons. The van der Waals surface area contributed by atoms with Gasteiger partial charge >= 0.3 is 0 Å². The van der Waals surface area contributed by atoms with Gasteiger partial charge in [0.1, 0.15) is 10.0 Å². The number of hydrogen-bond donors (Lipinski definition) is 1. The molecule has 0 fully saturated rings. The van der Waals surface area contributed by atoms with Gasteiger partial charge in [-0.15, -0.1) is 16.9 Å². The van der Waals surface area contributed by atoms with E-state index in [1.165, 1.54) is 11.8 Å². The van der Waals surface area contributed by atoms with Crippen molar-refractivity contribution < 1.29 is 0 Å². The quantitative estimate of drug-likeness (QED) is 0.529. The summed E-state index contributed by atoms with van der Waals surface area (Å²) in [7, 11) is 1.81. The van der Waals surface area contributed by atoms with Gasteiger partial charge in [0.2, 0.25) is 0 Å². The van der Waals surface area contributed by atoms with Crippen molar-refractivity contribution >= 4 is 29.0 Å². The largest absolute Gasteiger partial charge is 0.388 e. The second kappa shape index (κ2) is 3.19. The van der Waals surface area contributed by atoms with Crippen molar-refractivity contribution in [2.75, 3.05) is 6.26 Å². The minimum atomic E-state index is 0.294. The molecule has 4 nitrogen and oxygen atoms in total. The van der Waals surface area contributed by atoms with Gasteiger partial charge in [0, 0.05) is 7.05 Å². The van der Waals surface area contributed by atoms with Crippen LogP contribution >= 0.6 is 24.0 Å². The van der Waals surface area contributed by atoms with E-state index in [1.54, 1.807) is 11.7 Å². The Kier molecular flexibility index (Phi) is 2.45. The first-order valence-electron chi connectivity index (χ1n) is 2.90. The van der Waals surface area contributed by atoms with Crippen LogP contribution in [-0.4, -0.2) is 26.2 Å². The monoisotopic (exact) mass is 188 g/mol. The molecule has 0 aromatic carbocycles. The molecular weight excluding hydrogens is 180 g/mol. The van der Waals surface area contributed by atoms with Gasteiger partial charge in [-0.1, -0.05) is 17.4 Å². The molecule has 1 aromatic heterocycles. The average Bonchev–Trinajstić information content (AvgIpc) is 2.30. The van der Waals surface area contributed by atoms with Crippen LogP contribution in [-0.2, 0) is 7.05 Å². The molecule has 0 saturated heterocycles. The van der Waals surface area contributed by atoms with Crippen molar-refractivity contribution in [3.05, 3.63) is 5.69 Å². The van der Waals surface area contributed by atoms with E-state index in [-0.39, 0.29) is 0 Å². The molecule has 11 heavy (non-hydrogen) atoms. The van der Waals surface area contributed by atoms with E-state index in [1.807, 2.05) is 6.26 Å². The third kappa shape index (κ3) is 1.51. The fourth-order valence-corrected chi connectivity index (χ4v) is 1.58. The summed E-state index contributed by atoms with van der Waals surface area (Å²) < 4.78 is 1.65. The lowest BCUT2D eigenvalue weighted by molar-refractivity contribution is 0.666. The second-order valence-corrected chi connectivity index (χ2v) is 3.17. The van der Waals surface area contributed by atoms with Crippen LogP contribution in [0.3, 0.4) is 0 Å². The second-order valence-electron chi connectivity index (χ2n) is 1.94. The Hall–Kier alpha value is -0.620. The number of hydrogen-bond acceptors (Lipinski definition) is 4. The molecule has 0 unspecified atom stereocenters. The van der Waals surface area contributed by atoms with Gasteiger partial charge in [-0.3, -0.25) is 0 Å². The maximum Gasteiger partial charge on any atom is 0.153 e. The van der Waals surface area contributed by atoms with Crippen molar-refractivity contribution in [2.45, 2.75) is 5.03 Å². The summed E-state index contributed by atoms with van der Waals surface area (Å²) in [6, 6.07) is 0. The van der Waals surface area contributed by atoms with Crippen LogP contribution in [0.4, 0.5) is 0 Å². The van der Waals surface area contributed by atoms with E-state index < -0.39 is 0 Å². The van der Waals surface area contributed by atoms with E-state index in [4.69, 9.17) is 18.0 Å². The molecule has 6 heteroatoms. The summed E-state index contributed by atoms with van der Waals surface area (Å²) in [6.45, 7) is 0. The standard InChI is InChI=1S/C5H8N4S2/c1-9-5(11-2)3(4(6)10)7-8-9/h1-2H3,(H2,6,10). The maximum absolute atomic E-state index is 5.41. The molecule has 0 saturated carbocycles. The summed E-state index contributed by atoms with van der Waals surface area (Å²) in [5.41, 5.74) is 6.01. The molecule has 2 N–H and O–H groups in total. The van der Waals surface area contributed by atoms with Crippen molar-refractivity contribution in [3.63, 3.8) is 0 Å². The van der Waals surface area contributed by atoms with Crippen LogP contribution in [0.1, 0.15) is 5.69 Å². The number of thiocarbonyl (C=S) groups is 1. The summed E-state index contributed by atoms with van der Waals surface area (Å²) in [6.07, 6.45) is 1.93. The third-order valence-corrected chi connectivity index (χ3v) is 2.24. The fourth-order valence-electron chi connectivity index (χ4n) is 0.732. The molecule has 1 rings (SSSR count). The minimum absolute atomic E-state index is 0.294. The van der Waals surface area contributed by atoms with Crippen LogP contribution in [0.5, 0.6) is 0 Å². The number of thioether (sulfide) groups is 1. The Morgan fingerprint density at radius 2 is 2.36 bits per heavy atom. The Labute approximate surface area is 74.1 Å². The van der Waals surface area contributed by atoms with E-state index in [2.05, 4.69) is 10.3 Å². The Morgan fingerprint density at radius 3 is 2.73 bits per heavy atom. The van der Waals surface area contributed by atoms with E-state index in [9.17, 15) is 0 Å². The van der Waals surface area contributed by atoms with Crippen LogP contribution in [0.2, 0.25) is 0 Å². The molecule has 0 aliphatic carbocycles. The number of rotatable bonds is 2. The van der Waals surface area contributed by atoms with E-state index in [0.29, 0.717) is 10.7 Å². The predicted molar refractivity (Wildman–Crippen MR) is 48.7 cm³/mol. The van der Waals surface area contributed by atoms with Gasteiger partial charge < -0.3 is 5.73 Å². The smallest absolute Gasteiger partial charge is 0.153 e. The minimum Gasteiger partial charge on any atom is -0.388 e. The zero-order valence-corrected chi connectivity index (χ0v) is 7.87. The highest BCUT2D eigenvalue weighted by molar-refractivity contribution is 7.98. The highest BCUT2D eigenvalue weighted by atomic mass is 32.2. The fraction of sp³-hybridized carbons (Fsp3) is 0.400. The topological polar surface area (TPSA) is 56.7 Å². The van der Waals surface area contributed by atoms with Gasteiger partial charge in [-0.25, -0.2) is 4.68 Å². The van der Waals surface area contributed by atoms with Crippen molar-refractivity contribution in [2.24, 2.45) is 12.8 Å². The molecule has 1 heterocycles. The first-order chi connectivity index (χ1) is 5.16. The Balaban J connectivity index is 3.15. The van der Waals surface area contributed by atoms with E-state index in [0.717, 1.165) is 5.03 Å². The molecule has 0 aliphatic rings. The van der Waals surface area contributed by atoms with Crippen LogP contribution < -0.4 is 5.73 Å². The van der Waals surface area contributed by atoms with E-state index >= 15 is 0 Å². The number of nitrogens with zero attached hydrogens (tertiary/aromatic N) is 3. The zero-order valence-electron chi connectivity index (χ0n) is 6.24. The highest BCUT2D eigenvalue weighted by Gasteiger charge is 2.10. The normalized spacial score (nSPS) is 10.0. The van der Waals surface area contributed by atoms with Gasteiger partial charge in [0.15, 0.2) is 5.69 Å². The van der Waals surface area contributed by atoms with Crippen LogP contribution in [0.15, 0.2) is 5.03 Å². The highest BCUT2D eigenvalue weighted by Crippen LogP contribution is 2.16. The zero-order chi connectivity index (χ0) is 8.43. The number of nitrogens with two attached hydrogens (primary N) is 1. The van der Waals surface area contributed by atoms with Gasteiger partial charge in [-0.2, -0.15) is 0 Å². The summed E-state index contributed by atoms with van der Waals surface area (Å²) >= 11 is 6.31. The molecule has 0 aliphatic heterocycles. The van der Waals surface area contributed by atoms with Crippen molar-refractivity contribution in [3.8, 4) is 0 Å². The number of aromatic nitrogens is 3. The third-order valence-electron chi connectivity index (χ3n) is 1.20. The molecule has 0 bridgehead atoms. The Morgan fingerprint density at radius 1 is 1.73 bits per heavy atom. The lowest BCUT2D eigenvalue weighted by Gasteiger charge is -1.96. The summed E-state index contributed by atoms with van der Waals surface area (Å²) in [5, 5.41) is 8.50. The Bertz CT molecular complexity index is 280. The number of aryl methyl sites for hydroxylation is 1. The predicted octanol–water partition coefficient (Wildman–Crippen LogP) is 0.171. The summed E-state index contributed by atoms with van der Waals surface area (Å²) in [5.74, 6) is 0. The van der Waals surface area contributed by atoms with Gasteiger partial charge in [0.25, 0.3) is 0 Å². The molecule has 0 radical (unpaired) electrons. The lowest BCUT2D eigenvalue weighted by atomic mass is 10.5. The molecular formula is C5H8N4S2. The van der Waals surface area contributed by atoms with Crippen molar-refractivity contribution in [1.29, 1.82) is 0 Å². The van der Waals surface area contributed by atoms with Crippen molar-refractivity contribution in [1.82, 2.24) is 15.0 Å². The van der Waals surface area contributed by atoms with Crippen LogP contribution in [0, 0.1) is 0 Å². The first-order valence-corrected chi connectivity index (χ1v) is 4.53. The van der Waals surface area contributed by atoms with Gasteiger partial charge in [0.05, 0.1) is 0 Å².